The molecule has 0 amide bonds. The van der Waals surface area contributed by atoms with Crippen LogP contribution in [0.15, 0.2) is 23.1 Å². The number of hydrogen-bond acceptors (Lipinski definition) is 4. The third-order valence-electron chi connectivity index (χ3n) is 2.61. The van der Waals surface area contributed by atoms with Gasteiger partial charge in [0, 0.05) is 6.07 Å². The highest BCUT2D eigenvalue weighted by molar-refractivity contribution is 7.99. The number of aliphatic hydroxyl groups excluding tert-OH is 1. The largest absolute Gasteiger partial charge is 0.389 e. The molecule has 18 heavy (non-hydrogen) atoms. The molecule has 0 radical (unpaired) electrons. The lowest BCUT2D eigenvalue weighted by molar-refractivity contribution is -0.387. The van der Waals surface area contributed by atoms with Gasteiger partial charge in [-0.25, -0.2) is 0 Å². The summed E-state index contributed by atoms with van der Waals surface area (Å²) in [6.07, 6.45) is 0.346. The van der Waals surface area contributed by atoms with Gasteiger partial charge in [0.05, 0.1) is 15.9 Å². The van der Waals surface area contributed by atoms with Crippen LogP contribution < -0.4 is 0 Å². The summed E-state index contributed by atoms with van der Waals surface area (Å²) in [6.45, 7) is 5.86. The van der Waals surface area contributed by atoms with Crippen molar-refractivity contribution in [3.63, 3.8) is 0 Å². The summed E-state index contributed by atoms with van der Waals surface area (Å²) >= 11 is 1.50. The van der Waals surface area contributed by atoms with Gasteiger partial charge >= 0.3 is 0 Å². The maximum Gasteiger partial charge on any atom is 0.283 e. The maximum atomic E-state index is 11.0. The van der Waals surface area contributed by atoms with Crippen molar-refractivity contribution in [1.82, 2.24) is 0 Å². The highest BCUT2D eigenvalue weighted by atomic mass is 32.2. The first-order chi connectivity index (χ1) is 8.41. The molecule has 100 valence electrons. The van der Waals surface area contributed by atoms with E-state index in [0.29, 0.717) is 16.4 Å². The Morgan fingerprint density at radius 1 is 1.39 bits per heavy atom. The Morgan fingerprint density at radius 3 is 2.56 bits per heavy atom. The molecule has 0 aromatic heterocycles. The number of aliphatic hydroxyl groups is 1. The molecule has 1 rings (SSSR count). The number of nitrogens with zero attached hydrogens (tertiary/aromatic N) is 1. The van der Waals surface area contributed by atoms with E-state index >= 15 is 0 Å². The number of nitro groups is 1. The van der Waals surface area contributed by atoms with E-state index in [1.54, 1.807) is 19.1 Å². The van der Waals surface area contributed by atoms with Crippen molar-refractivity contribution >= 4 is 17.4 Å². The lowest BCUT2D eigenvalue weighted by atomic mass is 10.1. The van der Waals surface area contributed by atoms with Gasteiger partial charge in [-0.3, -0.25) is 10.1 Å². The molecule has 1 N–H and O–H groups in total. The highest BCUT2D eigenvalue weighted by Gasteiger charge is 2.16. The maximum absolute atomic E-state index is 11.0. The smallest absolute Gasteiger partial charge is 0.283 e. The van der Waals surface area contributed by atoms with Crippen molar-refractivity contribution in [1.29, 1.82) is 0 Å². The second-order valence-corrected chi connectivity index (χ2v) is 5.83. The van der Waals surface area contributed by atoms with Crippen molar-refractivity contribution < 1.29 is 10.0 Å². The summed E-state index contributed by atoms with van der Waals surface area (Å²) in [5, 5.41) is 20.4. The minimum atomic E-state index is -0.682. The van der Waals surface area contributed by atoms with Crippen molar-refractivity contribution in [2.45, 2.75) is 38.2 Å². The Bertz CT molecular complexity index is 419. The molecule has 1 aromatic carbocycles. The Kier molecular flexibility index (Phi) is 5.62. The zero-order valence-corrected chi connectivity index (χ0v) is 11.7. The van der Waals surface area contributed by atoms with Gasteiger partial charge in [0.25, 0.3) is 5.69 Å². The van der Waals surface area contributed by atoms with Crippen LogP contribution in [0.5, 0.6) is 0 Å². The molecule has 1 aromatic rings. The summed E-state index contributed by atoms with van der Waals surface area (Å²) in [5.41, 5.74) is 0.664. The lowest BCUT2D eigenvalue weighted by Gasteiger charge is -2.08. The van der Waals surface area contributed by atoms with E-state index in [1.807, 2.05) is 0 Å². The molecular weight excluding hydrogens is 250 g/mol. The van der Waals surface area contributed by atoms with Crippen LogP contribution in [0.2, 0.25) is 0 Å². The van der Waals surface area contributed by atoms with Gasteiger partial charge in [-0.2, -0.15) is 0 Å². The summed E-state index contributed by atoms with van der Waals surface area (Å²) in [5.74, 6) is 1.46. The minimum absolute atomic E-state index is 0.0853. The molecular formula is C13H19NO3S. The fourth-order valence-corrected chi connectivity index (χ4v) is 2.72. The van der Waals surface area contributed by atoms with Crippen LogP contribution in [0, 0.1) is 16.0 Å². The lowest BCUT2D eigenvalue weighted by Crippen LogP contribution is -1.97. The van der Waals surface area contributed by atoms with Gasteiger partial charge in [-0.15, -0.1) is 11.8 Å². The van der Waals surface area contributed by atoms with Crippen LogP contribution in [0.1, 0.15) is 38.9 Å². The average molecular weight is 269 g/mol. The fraction of sp³-hybridized carbons (Fsp3) is 0.538. The number of thioether (sulfide) groups is 1. The number of benzene rings is 1. The second-order valence-electron chi connectivity index (χ2n) is 4.69. The third-order valence-corrected chi connectivity index (χ3v) is 3.71. The Hall–Kier alpha value is -1.07. The standard InChI is InChI=1S/C13H19NO3S/c1-9(2)6-7-18-13-5-4-11(10(3)15)8-12(13)14(16)17/h4-5,8-10,15H,6-7H2,1-3H3/t10-/m1/s1. The molecule has 0 bridgehead atoms. The van der Waals surface area contributed by atoms with Crippen molar-refractivity contribution in [3.05, 3.63) is 33.9 Å². The predicted molar refractivity (Wildman–Crippen MR) is 73.9 cm³/mol. The van der Waals surface area contributed by atoms with Crippen LogP contribution in [-0.2, 0) is 0 Å². The van der Waals surface area contributed by atoms with Crippen LogP contribution >= 0.6 is 11.8 Å². The normalized spacial score (nSPS) is 12.7. The first-order valence-corrected chi connectivity index (χ1v) is 6.99. The zero-order chi connectivity index (χ0) is 13.7. The van der Waals surface area contributed by atoms with Gasteiger partial charge < -0.3 is 5.11 Å². The van der Waals surface area contributed by atoms with E-state index in [1.165, 1.54) is 17.8 Å². The molecule has 1 atom stereocenters. The van der Waals surface area contributed by atoms with E-state index in [4.69, 9.17) is 0 Å². The highest BCUT2D eigenvalue weighted by Crippen LogP contribution is 2.32. The molecule has 0 unspecified atom stereocenters. The molecule has 0 aliphatic carbocycles. The Balaban J connectivity index is 2.87. The van der Waals surface area contributed by atoms with Gasteiger partial charge in [0.15, 0.2) is 0 Å². The second kappa shape index (κ2) is 6.75. The fourth-order valence-electron chi connectivity index (χ4n) is 1.46. The Labute approximate surface area is 112 Å². The van der Waals surface area contributed by atoms with E-state index in [0.717, 1.165) is 12.2 Å². The molecule has 0 saturated heterocycles. The number of hydrogen-bond donors (Lipinski definition) is 1. The van der Waals surface area contributed by atoms with Crippen LogP contribution in [0.25, 0.3) is 0 Å². The van der Waals surface area contributed by atoms with Crippen LogP contribution in [0.3, 0.4) is 0 Å². The number of rotatable bonds is 6. The molecule has 0 saturated carbocycles. The number of nitro benzene ring substituents is 1. The summed E-state index contributed by atoms with van der Waals surface area (Å²) < 4.78 is 0. The predicted octanol–water partition coefficient (Wildman–Crippen LogP) is 3.79. The molecule has 0 aliphatic rings. The summed E-state index contributed by atoms with van der Waals surface area (Å²) in [6, 6.07) is 4.93. The van der Waals surface area contributed by atoms with Crippen LogP contribution in [-0.4, -0.2) is 15.8 Å². The zero-order valence-electron chi connectivity index (χ0n) is 10.9. The van der Waals surface area contributed by atoms with Crippen molar-refractivity contribution in [3.8, 4) is 0 Å². The average Bonchev–Trinajstić information content (AvgIpc) is 2.28. The van der Waals surface area contributed by atoms with Gasteiger partial charge in [-0.1, -0.05) is 19.9 Å². The quantitative estimate of drug-likeness (QED) is 0.485. The first kappa shape index (κ1) is 15.0. The van der Waals surface area contributed by atoms with Crippen molar-refractivity contribution in [2.75, 3.05) is 5.75 Å². The van der Waals surface area contributed by atoms with E-state index in [2.05, 4.69) is 13.8 Å². The van der Waals surface area contributed by atoms with Gasteiger partial charge in [-0.05, 0) is 36.6 Å². The first-order valence-electron chi connectivity index (χ1n) is 6.01. The molecule has 0 fully saturated rings. The van der Waals surface area contributed by atoms with Crippen LogP contribution in [0.4, 0.5) is 5.69 Å². The third kappa shape index (κ3) is 4.31. The molecule has 4 nitrogen and oxygen atoms in total. The monoisotopic (exact) mass is 269 g/mol. The van der Waals surface area contributed by atoms with Crippen molar-refractivity contribution in [2.24, 2.45) is 5.92 Å². The van der Waals surface area contributed by atoms with Gasteiger partial charge in [0.2, 0.25) is 0 Å². The minimum Gasteiger partial charge on any atom is -0.389 e. The SMILES string of the molecule is CC(C)CCSc1ccc([C@@H](C)O)cc1[N+](=O)[O-]. The molecule has 0 aliphatic heterocycles. The van der Waals surface area contributed by atoms with Gasteiger partial charge in [0.1, 0.15) is 0 Å². The molecule has 0 heterocycles. The van der Waals surface area contributed by atoms with E-state index in [9.17, 15) is 15.2 Å². The van der Waals surface area contributed by atoms with E-state index in [-0.39, 0.29) is 10.6 Å². The Morgan fingerprint density at radius 2 is 2.06 bits per heavy atom. The van der Waals surface area contributed by atoms with E-state index < -0.39 is 6.10 Å². The summed E-state index contributed by atoms with van der Waals surface area (Å²) in [4.78, 5) is 11.3. The topological polar surface area (TPSA) is 63.4 Å². The molecule has 5 heteroatoms. The summed E-state index contributed by atoms with van der Waals surface area (Å²) in [7, 11) is 0. The molecule has 0 spiro atoms.